The highest BCUT2D eigenvalue weighted by atomic mass is 32.2. The summed E-state index contributed by atoms with van der Waals surface area (Å²) in [4.78, 5) is 26.0. The van der Waals surface area contributed by atoms with Crippen LogP contribution in [0, 0.1) is 0 Å². The highest BCUT2D eigenvalue weighted by Crippen LogP contribution is 2.41. The van der Waals surface area contributed by atoms with Crippen LogP contribution in [0.15, 0.2) is 65.9 Å². The van der Waals surface area contributed by atoms with Gasteiger partial charge in [-0.25, -0.2) is 23.6 Å². The van der Waals surface area contributed by atoms with Crippen LogP contribution in [0.1, 0.15) is 24.0 Å². The molecule has 2 heterocycles. The summed E-state index contributed by atoms with van der Waals surface area (Å²) in [5.74, 6) is -3.71. The van der Waals surface area contributed by atoms with Crippen molar-refractivity contribution in [2.45, 2.75) is 37.0 Å². The van der Waals surface area contributed by atoms with Crippen LogP contribution in [0.25, 0.3) is 0 Å². The molecule has 36 heavy (non-hydrogen) atoms. The number of sulfonamides is 1. The minimum absolute atomic E-state index is 0.0408. The summed E-state index contributed by atoms with van der Waals surface area (Å²) in [6, 6.07) is 11.9. The van der Waals surface area contributed by atoms with Crippen molar-refractivity contribution in [2.75, 3.05) is 7.11 Å². The fourth-order valence-electron chi connectivity index (χ4n) is 4.37. The summed E-state index contributed by atoms with van der Waals surface area (Å²) in [6.07, 6.45) is -5.87. The number of alkyl halides is 3. The van der Waals surface area contributed by atoms with Gasteiger partial charge in [0.15, 0.2) is 0 Å². The summed E-state index contributed by atoms with van der Waals surface area (Å²) in [7, 11) is -2.84. The number of fused-ring (bicyclic) bond motifs is 1. The summed E-state index contributed by atoms with van der Waals surface area (Å²) < 4.78 is 73.8. The van der Waals surface area contributed by atoms with Crippen molar-refractivity contribution in [3.8, 4) is 5.75 Å². The Morgan fingerprint density at radius 1 is 1.14 bits per heavy atom. The van der Waals surface area contributed by atoms with Crippen LogP contribution in [-0.2, 0) is 25.4 Å². The quantitative estimate of drug-likeness (QED) is 0.495. The third kappa shape index (κ3) is 5.02. The lowest BCUT2D eigenvalue weighted by Gasteiger charge is -2.34. The van der Waals surface area contributed by atoms with E-state index in [4.69, 9.17) is 4.74 Å². The highest BCUT2D eigenvalue weighted by Gasteiger charge is 2.58. The van der Waals surface area contributed by atoms with Gasteiger partial charge in [-0.3, -0.25) is 9.59 Å². The number of nitrogens with one attached hydrogen (secondary N) is 3. The number of hydrogen-bond donors (Lipinski definition) is 3. The van der Waals surface area contributed by atoms with Gasteiger partial charge in [-0.2, -0.15) is 13.2 Å². The molecule has 0 aromatic heterocycles. The first-order chi connectivity index (χ1) is 16.9. The molecule has 2 aromatic carbocycles. The van der Waals surface area contributed by atoms with E-state index in [9.17, 15) is 31.2 Å². The van der Waals surface area contributed by atoms with Crippen molar-refractivity contribution < 1.29 is 35.9 Å². The van der Waals surface area contributed by atoms with Crippen LogP contribution >= 0.6 is 0 Å². The molecule has 3 unspecified atom stereocenters. The average Bonchev–Trinajstić information content (AvgIpc) is 3.19. The third-order valence-electron chi connectivity index (χ3n) is 5.93. The number of methoxy groups -OCH3 is 1. The summed E-state index contributed by atoms with van der Waals surface area (Å²) in [5.41, 5.74) is 2.18. The van der Waals surface area contributed by atoms with Gasteiger partial charge in [0.2, 0.25) is 10.0 Å². The minimum atomic E-state index is -4.71. The average molecular weight is 525 g/mol. The lowest BCUT2D eigenvalue weighted by molar-refractivity contribution is -0.161. The molecule has 2 aromatic rings. The van der Waals surface area contributed by atoms with Gasteiger partial charge in [-0.15, -0.1) is 0 Å². The molecule has 0 bridgehead atoms. The molecule has 0 radical (unpaired) electrons. The second-order valence-electron chi connectivity index (χ2n) is 8.39. The Balaban J connectivity index is 1.59. The Morgan fingerprint density at radius 3 is 2.47 bits per heavy atom. The molecular formula is C23H23F3N4O5S. The molecule has 1 saturated heterocycles. The lowest BCUT2D eigenvalue weighted by atomic mass is 9.89. The first-order valence-corrected chi connectivity index (χ1v) is 12.4. The standard InChI is InChI=1S/C23H23F3N4O5S/c1-13-17(21(31)29-36(33,34)12-14-7-6-10-16(11-14)35-2)22(32)30-20(27-13)18(15-8-4-3-5-9-15)19(28-30)23(24,25)26/h3-11,18-20,27-28H,12H2,1-2H3,(H,29,31). The van der Waals surface area contributed by atoms with Gasteiger partial charge >= 0.3 is 6.18 Å². The second kappa shape index (κ2) is 9.47. The van der Waals surface area contributed by atoms with Crippen molar-refractivity contribution in [1.29, 1.82) is 0 Å². The molecule has 0 saturated carbocycles. The number of hydrazine groups is 1. The number of carbonyl (C=O) groups excluding carboxylic acids is 2. The largest absolute Gasteiger partial charge is 0.497 e. The Hall–Kier alpha value is -3.58. The maximum absolute atomic E-state index is 13.9. The van der Waals surface area contributed by atoms with Crippen LogP contribution in [0.2, 0.25) is 0 Å². The Morgan fingerprint density at radius 2 is 1.83 bits per heavy atom. The summed E-state index contributed by atoms with van der Waals surface area (Å²) >= 11 is 0. The zero-order valence-corrected chi connectivity index (χ0v) is 20.0. The number of amides is 2. The van der Waals surface area contributed by atoms with Crippen molar-refractivity contribution in [1.82, 2.24) is 20.5 Å². The monoisotopic (exact) mass is 524 g/mol. The number of allylic oxidation sites excluding steroid dienone is 1. The second-order valence-corrected chi connectivity index (χ2v) is 10.1. The number of ether oxygens (including phenoxy) is 1. The first-order valence-electron chi connectivity index (χ1n) is 10.8. The maximum Gasteiger partial charge on any atom is 0.406 e. The molecular weight excluding hydrogens is 501 g/mol. The van der Waals surface area contributed by atoms with E-state index in [-0.39, 0.29) is 5.70 Å². The molecule has 2 amide bonds. The van der Waals surface area contributed by atoms with E-state index < -0.39 is 57.5 Å². The van der Waals surface area contributed by atoms with Gasteiger partial charge in [-0.05, 0) is 30.2 Å². The van der Waals surface area contributed by atoms with Gasteiger partial charge in [0.1, 0.15) is 23.5 Å². The molecule has 2 aliphatic heterocycles. The van der Waals surface area contributed by atoms with E-state index in [1.807, 2.05) is 4.72 Å². The van der Waals surface area contributed by atoms with E-state index in [1.54, 1.807) is 30.3 Å². The van der Waals surface area contributed by atoms with Crippen molar-refractivity contribution in [3.05, 3.63) is 77.0 Å². The van der Waals surface area contributed by atoms with Crippen LogP contribution in [0.4, 0.5) is 13.2 Å². The zero-order chi connectivity index (χ0) is 26.3. The van der Waals surface area contributed by atoms with E-state index >= 15 is 0 Å². The van der Waals surface area contributed by atoms with Gasteiger partial charge in [-0.1, -0.05) is 42.5 Å². The van der Waals surface area contributed by atoms with Crippen molar-refractivity contribution in [2.24, 2.45) is 0 Å². The van der Waals surface area contributed by atoms with Crippen LogP contribution in [-0.4, -0.2) is 50.7 Å². The Kier molecular flexibility index (Phi) is 6.71. The maximum atomic E-state index is 13.9. The van der Waals surface area contributed by atoms with Crippen LogP contribution < -0.4 is 20.2 Å². The van der Waals surface area contributed by atoms with E-state index in [1.165, 1.54) is 38.3 Å². The Labute approximate surface area is 205 Å². The van der Waals surface area contributed by atoms with E-state index in [2.05, 4.69) is 10.7 Å². The molecule has 13 heteroatoms. The van der Waals surface area contributed by atoms with Crippen molar-refractivity contribution in [3.63, 3.8) is 0 Å². The number of benzene rings is 2. The number of halogens is 3. The third-order valence-corrected chi connectivity index (χ3v) is 7.14. The van der Waals surface area contributed by atoms with Crippen LogP contribution in [0.5, 0.6) is 5.75 Å². The molecule has 4 rings (SSSR count). The fourth-order valence-corrected chi connectivity index (χ4v) is 5.45. The molecule has 0 aliphatic carbocycles. The van der Waals surface area contributed by atoms with Gasteiger partial charge in [0.25, 0.3) is 11.8 Å². The summed E-state index contributed by atoms with van der Waals surface area (Å²) in [5, 5.41) is 3.49. The molecule has 192 valence electrons. The highest BCUT2D eigenvalue weighted by molar-refractivity contribution is 7.89. The Bertz CT molecular complexity index is 1310. The molecule has 3 atom stereocenters. The van der Waals surface area contributed by atoms with Crippen molar-refractivity contribution >= 4 is 21.8 Å². The predicted octanol–water partition coefficient (Wildman–Crippen LogP) is 1.91. The molecule has 0 spiro atoms. The smallest absolute Gasteiger partial charge is 0.406 e. The van der Waals surface area contributed by atoms with Crippen LogP contribution in [0.3, 0.4) is 0 Å². The topological polar surface area (TPSA) is 117 Å². The SMILES string of the molecule is COc1cccc(CS(=O)(=O)NC(=O)C2=C(C)NC3C(c4ccccc4)C(C(F)(F)F)NN3C2=O)c1. The predicted molar refractivity (Wildman–Crippen MR) is 122 cm³/mol. The normalized spacial score (nSPS) is 22.2. The fraction of sp³-hybridized carbons (Fsp3) is 0.304. The molecule has 1 fully saturated rings. The number of nitrogens with zero attached hydrogens (tertiary/aromatic N) is 1. The zero-order valence-electron chi connectivity index (χ0n) is 19.2. The number of carbonyl (C=O) groups is 2. The van der Waals surface area contributed by atoms with Gasteiger partial charge < -0.3 is 10.1 Å². The molecule has 3 N–H and O–H groups in total. The minimum Gasteiger partial charge on any atom is -0.497 e. The summed E-state index contributed by atoms with van der Waals surface area (Å²) in [6.45, 7) is 1.34. The van der Waals surface area contributed by atoms with Gasteiger partial charge in [0, 0.05) is 5.70 Å². The van der Waals surface area contributed by atoms with E-state index in [0.717, 1.165) is 0 Å². The molecule has 2 aliphatic rings. The number of rotatable bonds is 6. The van der Waals surface area contributed by atoms with Gasteiger partial charge in [0.05, 0.1) is 18.8 Å². The molecule has 9 nitrogen and oxygen atoms in total. The first kappa shape index (κ1) is 25.5. The van der Waals surface area contributed by atoms with E-state index in [0.29, 0.717) is 21.9 Å². The number of hydrogen-bond acceptors (Lipinski definition) is 7. The lowest BCUT2D eigenvalue weighted by Crippen LogP contribution is -2.57.